The van der Waals surface area contributed by atoms with E-state index in [9.17, 15) is 0 Å². The first-order valence-electron chi connectivity index (χ1n) is 7.82. The SMILES string of the molecule is CCCC(CCCN)c1ccc(OC)c(C(C)(C)C)c1. The van der Waals surface area contributed by atoms with Gasteiger partial charge in [0.2, 0.25) is 0 Å². The Labute approximate surface area is 124 Å². The fraction of sp³-hybridized carbons (Fsp3) is 0.667. The van der Waals surface area contributed by atoms with E-state index in [-0.39, 0.29) is 5.41 Å². The van der Waals surface area contributed by atoms with Gasteiger partial charge in [-0.05, 0) is 54.3 Å². The number of nitrogens with two attached hydrogens (primary N) is 1. The van der Waals surface area contributed by atoms with E-state index in [0.717, 1.165) is 18.7 Å². The summed E-state index contributed by atoms with van der Waals surface area (Å²) in [7, 11) is 1.75. The van der Waals surface area contributed by atoms with Crippen LogP contribution in [0.3, 0.4) is 0 Å². The molecule has 0 bridgehead atoms. The Kier molecular flexibility index (Phi) is 6.54. The first-order chi connectivity index (χ1) is 9.43. The molecule has 0 radical (unpaired) electrons. The summed E-state index contributed by atoms with van der Waals surface area (Å²) >= 11 is 0. The molecule has 0 aliphatic heterocycles. The molecule has 114 valence electrons. The second-order valence-corrected chi connectivity index (χ2v) is 6.63. The van der Waals surface area contributed by atoms with E-state index in [1.165, 1.54) is 30.4 Å². The number of methoxy groups -OCH3 is 1. The van der Waals surface area contributed by atoms with Gasteiger partial charge in [-0.15, -0.1) is 0 Å². The molecule has 0 aromatic heterocycles. The fourth-order valence-corrected chi connectivity index (χ4v) is 2.76. The van der Waals surface area contributed by atoms with Gasteiger partial charge in [0.05, 0.1) is 7.11 Å². The van der Waals surface area contributed by atoms with Crippen LogP contribution in [0, 0.1) is 0 Å². The van der Waals surface area contributed by atoms with Crippen molar-refractivity contribution in [2.24, 2.45) is 5.73 Å². The summed E-state index contributed by atoms with van der Waals surface area (Å²) in [5, 5.41) is 0. The van der Waals surface area contributed by atoms with Crippen LogP contribution in [0.2, 0.25) is 0 Å². The topological polar surface area (TPSA) is 35.2 Å². The molecule has 0 amide bonds. The Bertz CT molecular complexity index is 406. The lowest BCUT2D eigenvalue weighted by molar-refractivity contribution is 0.396. The third-order valence-electron chi connectivity index (χ3n) is 3.90. The molecule has 2 nitrogen and oxygen atoms in total. The lowest BCUT2D eigenvalue weighted by atomic mass is 9.82. The molecule has 0 aliphatic rings. The minimum Gasteiger partial charge on any atom is -0.496 e. The van der Waals surface area contributed by atoms with Gasteiger partial charge in [0.25, 0.3) is 0 Å². The van der Waals surface area contributed by atoms with Crippen molar-refractivity contribution in [3.8, 4) is 5.75 Å². The lowest BCUT2D eigenvalue weighted by Crippen LogP contribution is -2.14. The number of rotatable bonds is 7. The van der Waals surface area contributed by atoms with E-state index in [4.69, 9.17) is 10.5 Å². The Morgan fingerprint density at radius 1 is 1.20 bits per heavy atom. The number of ether oxygens (including phenoxy) is 1. The maximum Gasteiger partial charge on any atom is 0.122 e. The maximum atomic E-state index is 5.68. The monoisotopic (exact) mass is 277 g/mol. The largest absolute Gasteiger partial charge is 0.496 e. The summed E-state index contributed by atoms with van der Waals surface area (Å²) in [6.07, 6.45) is 4.73. The first kappa shape index (κ1) is 17.0. The summed E-state index contributed by atoms with van der Waals surface area (Å²) in [4.78, 5) is 0. The summed E-state index contributed by atoms with van der Waals surface area (Å²) < 4.78 is 5.53. The van der Waals surface area contributed by atoms with Crippen molar-refractivity contribution in [3.05, 3.63) is 29.3 Å². The molecule has 0 spiro atoms. The highest BCUT2D eigenvalue weighted by Gasteiger charge is 2.21. The molecule has 1 unspecified atom stereocenters. The second kappa shape index (κ2) is 7.68. The van der Waals surface area contributed by atoms with Gasteiger partial charge in [0, 0.05) is 0 Å². The van der Waals surface area contributed by atoms with E-state index in [1.54, 1.807) is 7.11 Å². The molecule has 0 heterocycles. The summed E-state index contributed by atoms with van der Waals surface area (Å²) in [5.74, 6) is 1.62. The van der Waals surface area contributed by atoms with Crippen LogP contribution < -0.4 is 10.5 Å². The molecule has 0 saturated heterocycles. The first-order valence-corrected chi connectivity index (χ1v) is 7.82. The van der Waals surface area contributed by atoms with Crippen molar-refractivity contribution in [1.29, 1.82) is 0 Å². The molecule has 0 saturated carbocycles. The van der Waals surface area contributed by atoms with E-state index in [2.05, 4.69) is 45.9 Å². The normalized spacial score (nSPS) is 13.3. The minimum atomic E-state index is 0.103. The van der Waals surface area contributed by atoms with Gasteiger partial charge >= 0.3 is 0 Å². The van der Waals surface area contributed by atoms with Crippen molar-refractivity contribution in [2.45, 2.75) is 64.7 Å². The molecule has 0 aliphatic carbocycles. The highest BCUT2D eigenvalue weighted by atomic mass is 16.5. The average Bonchev–Trinajstić information content (AvgIpc) is 2.42. The van der Waals surface area contributed by atoms with Crippen LogP contribution in [0.25, 0.3) is 0 Å². The molecule has 20 heavy (non-hydrogen) atoms. The summed E-state index contributed by atoms with van der Waals surface area (Å²) in [6, 6.07) is 6.70. The summed E-state index contributed by atoms with van der Waals surface area (Å²) in [6.45, 7) is 9.75. The highest BCUT2D eigenvalue weighted by Crippen LogP contribution is 2.36. The fourth-order valence-electron chi connectivity index (χ4n) is 2.76. The summed E-state index contributed by atoms with van der Waals surface area (Å²) in [5.41, 5.74) is 8.51. The predicted octanol–water partition coefficient (Wildman–Crippen LogP) is 4.62. The van der Waals surface area contributed by atoms with Crippen LogP contribution in [-0.4, -0.2) is 13.7 Å². The van der Waals surface area contributed by atoms with Gasteiger partial charge in [-0.25, -0.2) is 0 Å². The van der Waals surface area contributed by atoms with Gasteiger partial charge < -0.3 is 10.5 Å². The smallest absolute Gasteiger partial charge is 0.122 e. The van der Waals surface area contributed by atoms with E-state index in [0.29, 0.717) is 5.92 Å². The molecular formula is C18H31NO. The van der Waals surface area contributed by atoms with E-state index < -0.39 is 0 Å². The average molecular weight is 277 g/mol. The predicted molar refractivity (Wildman–Crippen MR) is 87.6 cm³/mol. The molecule has 2 N–H and O–H groups in total. The quantitative estimate of drug-likeness (QED) is 0.789. The van der Waals surface area contributed by atoms with Crippen molar-refractivity contribution >= 4 is 0 Å². The zero-order valence-electron chi connectivity index (χ0n) is 13.8. The molecule has 1 atom stereocenters. The Balaban J connectivity index is 3.10. The molecule has 2 heteroatoms. The van der Waals surface area contributed by atoms with Crippen LogP contribution in [0.1, 0.15) is 70.4 Å². The van der Waals surface area contributed by atoms with Crippen LogP contribution in [0.5, 0.6) is 5.75 Å². The van der Waals surface area contributed by atoms with Gasteiger partial charge in [0.1, 0.15) is 5.75 Å². The Hall–Kier alpha value is -1.02. The third-order valence-corrected chi connectivity index (χ3v) is 3.90. The Morgan fingerprint density at radius 3 is 2.40 bits per heavy atom. The molecule has 1 aromatic carbocycles. The van der Waals surface area contributed by atoms with Gasteiger partial charge in [-0.2, -0.15) is 0 Å². The second-order valence-electron chi connectivity index (χ2n) is 6.63. The highest BCUT2D eigenvalue weighted by molar-refractivity contribution is 5.42. The Morgan fingerprint density at radius 2 is 1.90 bits per heavy atom. The minimum absolute atomic E-state index is 0.103. The van der Waals surface area contributed by atoms with Gasteiger partial charge in [-0.3, -0.25) is 0 Å². The van der Waals surface area contributed by atoms with Gasteiger partial charge in [0.15, 0.2) is 0 Å². The van der Waals surface area contributed by atoms with Crippen LogP contribution in [-0.2, 0) is 5.41 Å². The third kappa shape index (κ3) is 4.52. The standard InChI is InChI=1S/C18H31NO/c1-6-8-14(9-7-12-19)15-10-11-17(20-5)16(13-15)18(2,3)4/h10-11,13-14H,6-9,12,19H2,1-5H3. The van der Waals surface area contributed by atoms with Crippen molar-refractivity contribution in [3.63, 3.8) is 0 Å². The maximum absolute atomic E-state index is 5.68. The van der Waals surface area contributed by atoms with Crippen LogP contribution in [0.4, 0.5) is 0 Å². The van der Waals surface area contributed by atoms with Crippen LogP contribution >= 0.6 is 0 Å². The van der Waals surface area contributed by atoms with Gasteiger partial charge in [-0.1, -0.05) is 46.2 Å². The van der Waals surface area contributed by atoms with Crippen molar-refractivity contribution in [1.82, 2.24) is 0 Å². The number of hydrogen-bond donors (Lipinski definition) is 1. The number of hydrogen-bond acceptors (Lipinski definition) is 2. The molecule has 1 aromatic rings. The van der Waals surface area contributed by atoms with Crippen LogP contribution in [0.15, 0.2) is 18.2 Å². The molecular weight excluding hydrogens is 246 g/mol. The zero-order valence-corrected chi connectivity index (χ0v) is 13.8. The van der Waals surface area contributed by atoms with E-state index >= 15 is 0 Å². The zero-order chi connectivity index (χ0) is 15.2. The van der Waals surface area contributed by atoms with E-state index in [1.807, 2.05) is 0 Å². The lowest BCUT2D eigenvalue weighted by Gasteiger charge is -2.25. The molecule has 1 rings (SSSR count). The molecule has 0 fully saturated rings. The van der Waals surface area contributed by atoms with Crippen molar-refractivity contribution in [2.75, 3.05) is 13.7 Å². The number of benzene rings is 1. The van der Waals surface area contributed by atoms with Crippen molar-refractivity contribution < 1.29 is 4.74 Å².